The molecular weight excluding hydrogens is 174 g/mol. The minimum atomic E-state index is 0.0933. The molecule has 2 nitrogen and oxygen atoms in total. The normalized spacial score (nSPS) is 18.2. The fourth-order valence-electron chi connectivity index (χ4n) is 1.88. The highest BCUT2D eigenvalue weighted by Crippen LogP contribution is 2.40. The number of benzene rings is 1. The summed E-state index contributed by atoms with van der Waals surface area (Å²) in [5.41, 5.74) is 9.47. The molecule has 1 aromatic carbocycles. The second-order valence-corrected chi connectivity index (χ2v) is 4.22. The zero-order valence-corrected chi connectivity index (χ0v) is 8.53. The summed E-state index contributed by atoms with van der Waals surface area (Å²) in [5, 5.41) is 9.20. The first-order valence-corrected chi connectivity index (χ1v) is 5.18. The molecule has 0 saturated heterocycles. The quantitative estimate of drug-likeness (QED) is 0.766. The first kappa shape index (κ1) is 9.69. The van der Waals surface area contributed by atoms with Crippen molar-refractivity contribution in [3.63, 3.8) is 0 Å². The molecule has 0 amide bonds. The molecule has 2 rings (SSSR count). The smallest absolute Gasteiger partial charge is 0.0685 e. The molecule has 1 aliphatic rings. The van der Waals surface area contributed by atoms with Crippen LogP contribution in [0.5, 0.6) is 0 Å². The van der Waals surface area contributed by atoms with Gasteiger partial charge in [-0.25, -0.2) is 0 Å². The van der Waals surface area contributed by atoms with Crippen LogP contribution in [0.3, 0.4) is 0 Å². The van der Waals surface area contributed by atoms with E-state index in [0.29, 0.717) is 5.92 Å². The number of nitrogens with two attached hydrogens (primary N) is 1. The number of rotatable bonds is 3. The van der Waals surface area contributed by atoms with Gasteiger partial charge in [-0.3, -0.25) is 0 Å². The maximum Gasteiger partial charge on any atom is 0.0685 e. The predicted molar refractivity (Wildman–Crippen MR) is 56.8 cm³/mol. The lowest BCUT2D eigenvalue weighted by Crippen LogP contribution is -2.14. The molecule has 0 unspecified atom stereocenters. The van der Waals surface area contributed by atoms with Gasteiger partial charge >= 0.3 is 0 Å². The summed E-state index contributed by atoms with van der Waals surface area (Å²) in [7, 11) is 0. The van der Waals surface area contributed by atoms with Crippen molar-refractivity contribution in [1.82, 2.24) is 0 Å². The van der Waals surface area contributed by atoms with Crippen molar-refractivity contribution in [3.05, 3.63) is 34.9 Å². The van der Waals surface area contributed by atoms with E-state index in [1.54, 1.807) is 0 Å². The van der Waals surface area contributed by atoms with E-state index in [2.05, 4.69) is 13.0 Å². The van der Waals surface area contributed by atoms with Crippen LogP contribution >= 0.6 is 0 Å². The van der Waals surface area contributed by atoms with Crippen LogP contribution in [0.2, 0.25) is 0 Å². The summed E-state index contributed by atoms with van der Waals surface area (Å²) in [6, 6.07) is 6.23. The van der Waals surface area contributed by atoms with Crippen LogP contribution in [0.15, 0.2) is 18.2 Å². The average Bonchev–Trinajstić information content (AvgIpc) is 3.00. The predicted octanol–water partition coefficient (Wildman–Crippen LogP) is 1.90. The van der Waals surface area contributed by atoms with Crippen molar-refractivity contribution in [1.29, 1.82) is 0 Å². The van der Waals surface area contributed by atoms with Crippen LogP contribution in [0.4, 0.5) is 0 Å². The summed E-state index contributed by atoms with van der Waals surface area (Å²) in [4.78, 5) is 0. The maximum atomic E-state index is 9.20. The van der Waals surface area contributed by atoms with E-state index in [9.17, 15) is 5.11 Å². The number of hydrogen-bond donors (Lipinski definition) is 2. The van der Waals surface area contributed by atoms with Gasteiger partial charge in [-0.1, -0.05) is 23.8 Å². The Hall–Kier alpha value is -0.860. The number of aliphatic hydroxyl groups is 1. The molecule has 0 aliphatic heterocycles. The molecule has 3 N–H and O–H groups in total. The van der Waals surface area contributed by atoms with Crippen molar-refractivity contribution in [2.75, 3.05) is 0 Å². The Bertz CT molecular complexity index is 331. The molecule has 1 atom stereocenters. The SMILES string of the molecule is Cc1ccc(CO)c([C@@H](N)C2CC2)c1. The van der Waals surface area contributed by atoms with Crippen LogP contribution < -0.4 is 5.73 Å². The molecule has 0 radical (unpaired) electrons. The van der Waals surface area contributed by atoms with Crippen LogP contribution in [0.25, 0.3) is 0 Å². The van der Waals surface area contributed by atoms with E-state index in [4.69, 9.17) is 5.73 Å². The highest BCUT2D eigenvalue weighted by atomic mass is 16.3. The summed E-state index contributed by atoms with van der Waals surface area (Å²) in [5.74, 6) is 0.641. The van der Waals surface area contributed by atoms with Gasteiger partial charge in [0.25, 0.3) is 0 Å². The minimum Gasteiger partial charge on any atom is -0.392 e. The van der Waals surface area contributed by atoms with Gasteiger partial charge in [-0.2, -0.15) is 0 Å². The molecule has 0 spiro atoms. The van der Waals surface area contributed by atoms with E-state index in [1.165, 1.54) is 18.4 Å². The van der Waals surface area contributed by atoms with Gasteiger partial charge in [0, 0.05) is 6.04 Å². The van der Waals surface area contributed by atoms with Crippen LogP contribution in [0.1, 0.15) is 35.6 Å². The van der Waals surface area contributed by atoms with Gasteiger partial charge in [0.2, 0.25) is 0 Å². The average molecular weight is 191 g/mol. The highest BCUT2D eigenvalue weighted by Gasteiger charge is 2.30. The van der Waals surface area contributed by atoms with Gasteiger partial charge in [-0.15, -0.1) is 0 Å². The molecule has 1 fully saturated rings. The maximum absolute atomic E-state index is 9.20. The topological polar surface area (TPSA) is 46.2 Å². The number of aliphatic hydroxyl groups excluding tert-OH is 1. The zero-order chi connectivity index (χ0) is 10.1. The molecule has 0 aromatic heterocycles. The van der Waals surface area contributed by atoms with Crippen LogP contribution in [-0.2, 0) is 6.61 Å². The summed E-state index contributed by atoms with van der Waals surface area (Å²) < 4.78 is 0. The van der Waals surface area contributed by atoms with Crippen LogP contribution in [0, 0.1) is 12.8 Å². The Kier molecular flexibility index (Phi) is 2.57. The third-order valence-electron chi connectivity index (χ3n) is 2.96. The third kappa shape index (κ3) is 1.81. The third-order valence-corrected chi connectivity index (χ3v) is 2.96. The van der Waals surface area contributed by atoms with Gasteiger partial charge in [-0.05, 0) is 36.8 Å². The first-order valence-electron chi connectivity index (χ1n) is 5.18. The molecule has 0 bridgehead atoms. The molecule has 1 aromatic rings. The lowest BCUT2D eigenvalue weighted by Gasteiger charge is -2.15. The Balaban J connectivity index is 2.32. The second kappa shape index (κ2) is 3.71. The first-order chi connectivity index (χ1) is 6.72. The molecule has 76 valence electrons. The Morgan fingerprint density at radius 1 is 1.50 bits per heavy atom. The lowest BCUT2D eigenvalue weighted by atomic mass is 9.96. The van der Waals surface area contributed by atoms with Gasteiger partial charge < -0.3 is 10.8 Å². The molecule has 1 saturated carbocycles. The fraction of sp³-hybridized carbons (Fsp3) is 0.500. The molecule has 0 heterocycles. The Morgan fingerprint density at radius 2 is 2.21 bits per heavy atom. The monoisotopic (exact) mass is 191 g/mol. The number of aryl methyl sites for hydroxylation is 1. The number of hydrogen-bond acceptors (Lipinski definition) is 2. The molecule has 1 aliphatic carbocycles. The standard InChI is InChI=1S/C12H17NO/c1-8-2-3-10(7-14)11(6-8)12(13)9-4-5-9/h2-3,6,9,12,14H,4-5,7,13H2,1H3/t12-/m0/s1. The van der Waals surface area contributed by atoms with Gasteiger partial charge in [0.15, 0.2) is 0 Å². The molecular formula is C12H17NO. The summed E-state index contributed by atoms with van der Waals surface area (Å²) in [6.07, 6.45) is 2.47. The fourth-order valence-corrected chi connectivity index (χ4v) is 1.88. The highest BCUT2D eigenvalue weighted by molar-refractivity contribution is 5.34. The van der Waals surface area contributed by atoms with Crippen molar-refractivity contribution in [3.8, 4) is 0 Å². The summed E-state index contributed by atoms with van der Waals surface area (Å²) in [6.45, 7) is 2.15. The van der Waals surface area contributed by atoms with E-state index >= 15 is 0 Å². The van der Waals surface area contributed by atoms with E-state index in [1.807, 2.05) is 12.1 Å². The largest absolute Gasteiger partial charge is 0.392 e. The lowest BCUT2D eigenvalue weighted by molar-refractivity contribution is 0.279. The Labute approximate surface area is 84.7 Å². The van der Waals surface area contributed by atoms with Gasteiger partial charge in [0.1, 0.15) is 0 Å². The Morgan fingerprint density at radius 3 is 2.79 bits per heavy atom. The second-order valence-electron chi connectivity index (χ2n) is 4.22. The van der Waals surface area contributed by atoms with Crippen molar-refractivity contribution in [2.24, 2.45) is 11.7 Å². The molecule has 2 heteroatoms. The summed E-state index contributed by atoms with van der Waals surface area (Å²) >= 11 is 0. The van der Waals surface area contributed by atoms with Crippen LogP contribution in [-0.4, -0.2) is 5.11 Å². The zero-order valence-electron chi connectivity index (χ0n) is 8.53. The van der Waals surface area contributed by atoms with E-state index < -0.39 is 0 Å². The van der Waals surface area contributed by atoms with Crippen molar-refractivity contribution >= 4 is 0 Å². The van der Waals surface area contributed by atoms with Crippen molar-refractivity contribution < 1.29 is 5.11 Å². The van der Waals surface area contributed by atoms with E-state index in [-0.39, 0.29) is 12.6 Å². The molecule has 14 heavy (non-hydrogen) atoms. The van der Waals surface area contributed by atoms with E-state index in [0.717, 1.165) is 11.1 Å². The van der Waals surface area contributed by atoms with Gasteiger partial charge in [0.05, 0.1) is 6.61 Å². The van der Waals surface area contributed by atoms with Crippen molar-refractivity contribution in [2.45, 2.75) is 32.4 Å². The minimum absolute atomic E-state index is 0.0933.